The first-order valence-electron chi connectivity index (χ1n) is 17.8. The third kappa shape index (κ3) is 5.13. The molecule has 0 fully saturated rings. The van der Waals surface area contributed by atoms with Crippen molar-refractivity contribution in [1.82, 2.24) is 4.98 Å². The minimum Gasteiger partial charge on any atom is -0.457 e. The van der Waals surface area contributed by atoms with Gasteiger partial charge in [-0.3, -0.25) is 9.98 Å². The first-order valence-corrected chi connectivity index (χ1v) is 17.8. The van der Waals surface area contributed by atoms with E-state index in [2.05, 4.69) is 158 Å². The number of benzene rings is 6. The lowest BCUT2D eigenvalue weighted by Gasteiger charge is -2.39. The molecule has 3 heteroatoms. The molecule has 2 aliphatic rings. The Morgan fingerprint density at radius 3 is 1.90 bits per heavy atom. The Hall–Kier alpha value is -6.58. The first kappa shape index (κ1) is 31.4. The Morgan fingerprint density at radius 2 is 1.21 bits per heavy atom. The predicted octanol–water partition coefficient (Wildman–Crippen LogP) is 12.0. The second kappa shape index (κ2) is 12.9. The minimum absolute atomic E-state index is 0.541. The van der Waals surface area contributed by atoms with Crippen LogP contribution in [0.4, 0.5) is 0 Å². The smallest absolute Gasteiger partial charge is 0.132 e. The zero-order chi connectivity index (χ0) is 35.1. The molecule has 52 heavy (non-hydrogen) atoms. The van der Waals surface area contributed by atoms with Gasteiger partial charge in [-0.1, -0.05) is 146 Å². The van der Waals surface area contributed by atoms with E-state index < -0.39 is 5.41 Å². The molecule has 1 aromatic heterocycles. The molecule has 0 saturated carbocycles. The van der Waals surface area contributed by atoms with Gasteiger partial charge in [0.25, 0.3) is 0 Å². The quantitative estimate of drug-likeness (QED) is 0.158. The van der Waals surface area contributed by atoms with Crippen molar-refractivity contribution in [2.45, 2.75) is 18.8 Å². The van der Waals surface area contributed by atoms with Crippen molar-refractivity contribution in [1.29, 1.82) is 0 Å². The van der Waals surface area contributed by atoms with E-state index in [0.717, 1.165) is 67.6 Å². The summed E-state index contributed by atoms with van der Waals surface area (Å²) in [4.78, 5) is 10.2. The fraction of sp³-hybridized carbons (Fsp3) is 0.0612. The van der Waals surface area contributed by atoms with Gasteiger partial charge in [0.05, 0.1) is 16.8 Å². The van der Waals surface area contributed by atoms with E-state index in [4.69, 9.17) is 14.7 Å². The third-order valence-electron chi connectivity index (χ3n) is 10.3. The van der Waals surface area contributed by atoms with Crippen LogP contribution in [-0.4, -0.2) is 10.7 Å². The first-order chi connectivity index (χ1) is 25.6. The second-order valence-electron chi connectivity index (χ2n) is 13.4. The molecule has 1 aliphatic heterocycles. The highest BCUT2D eigenvalue weighted by Crippen LogP contribution is 2.62. The van der Waals surface area contributed by atoms with Gasteiger partial charge in [0.15, 0.2) is 0 Å². The van der Waals surface area contributed by atoms with E-state index in [-0.39, 0.29) is 0 Å². The standard InChI is InChI=1S/C49H36N2O/c1-3-28-50-48(33(2)29-38-30-37(34-16-6-4-7-17-34)32-45(51-38)35-18-8-5-9-19-35)36-26-27-40-39-20-10-11-21-41(39)49(44(40)31-36)42-22-12-14-24-46(42)52-47-25-15-13-23-43(47)49/h3-28,30-32H,2,29H2,1H3/b28-3-,50-48+. The molecule has 7 aromatic rings. The van der Waals surface area contributed by atoms with Crippen LogP contribution in [0.3, 0.4) is 0 Å². The number of hydrogen-bond acceptors (Lipinski definition) is 3. The topological polar surface area (TPSA) is 34.5 Å². The summed E-state index contributed by atoms with van der Waals surface area (Å²) in [6.07, 6.45) is 4.37. The highest BCUT2D eigenvalue weighted by molar-refractivity contribution is 6.13. The molecule has 0 radical (unpaired) electrons. The molecular formula is C49H36N2O. The highest BCUT2D eigenvalue weighted by Gasteiger charge is 2.51. The van der Waals surface area contributed by atoms with Gasteiger partial charge in [0, 0.05) is 40.6 Å². The van der Waals surface area contributed by atoms with Crippen molar-refractivity contribution in [3.8, 4) is 45.0 Å². The molecule has 3 nitrogen and oxygen atoms in total. The number of hydrogen-bond donors (Lipinski definition) is 0. The maximum atomic E-state index is 6.56. The largest absolute Gasteiger partial charge is 0.457 e. The normalized spacial score (nSPS) is 13.6. The molecule has 0 bridgehead atoms. The van der Waals surface area contributed by atoms with E-state index in [0.29, 0.717) is 6.42 Å². The van der Waals surface area contributed by atoms with Gasteiger partial charge >= 0.3 is 0 Å². The van der Waals surface area contributed by atoms with E-state index >= 15 is 0 Å². The summed E-state index contributed by atoms with van der Waals surface area (Å²) < 4.78 is 6.56. The molecule has 0 amide bonds. The number of rotatable bonds is 7. The number of allylic oxidation sites excluding steroid dienone is 2. The van der Waals surface area contributed by atoms with Crippen molar-refractivity contribution in [2.24, 2.45) is 4.99 Å². The molecule has 1 spiro atoms. The number of aliphatic imine (C=N–C) groups is 1. The number of pyridine rings is 1. The van der Waals surface area contributed by atoms with Gasteiger partial charge in [0.2, 0.25) is 0 Å². The molecule has 0 N–H and O–H groups in total. The van der Waals surface area contributed by atoms with Crippen molar-refractivity contribution in [3.63, 3.8) is 0 Å². The average Bonchev–Trinajstić information content (AvgIpc) is 3.48. The lowest BCUT2D eigenvalue weighted by atomic mass is 9.66. The van der Waals surface area contributed by atoms with Crippen molar-refractivity contribution in [2.75, 3.05) is 0 Å². The summed E-state index contributed by atoms with van der Waals surface area (Å²) in [5, 5.41) is 0. The van der Waals surface area contributed by atoms with Gasteiger partial charge in [-0.05, 0) is 76.2 Å². The van der Waals surface area contributed by atoms with Crippen LogP contribution in [0.15, 0.2) is 193 Å². The monoisotopic (exact) mass is 668 g/mol. The number of aromatic nitrogens is 1. The van der Waals surface area contributed by atoms with Gasteiger partial charge in [0.1, 0.15) is 11.5 Å². The van der Waals surface area contributed by atoms with Crippen LogP contribution in [0.25, 0.3) is 33.5 Å². The van der Waals surface area contributed by atoms with E-state index in [1.165, 1.54) is 22.3 Å². The molecule has 9 rings (SSSR count). The highest BCUT2D eigenvalue weighted by atomic mass is 16.5. The molecule has 0 unspecified atom stereocenters. The zero-order valence-corrected chi connectivity index (χ0v) is 29.0. The van der Waals surface area contributed by atoms with Crippen LogP contribution >= 0.6 is 0 Å². The fourth-order valence-corrected chi connectivity index (χ4v) is 8.06. The minimum atomic E-state index is -0.559. The van der Waals surface area contributed by atoms with Gasteiger partial charge in [-0.2, -0.15) is 0 Å². The molecule has 0 saturated heterocycles. The van der Waals surface area contributed by atoms with Crippen molar-refractivity contribution in [3.05, 3.63) is 222 Å². The Kier molecular flexibility index (Phi) is 7.82. The van der Waals surface area contributed by atoms with Gasteiger partial charge < -0.3 is 4.74 Å². The van der Waals surface area contributed by atoms with Crippen molar-refractivity contribution < 1.29 is 4.74 Å². The number of nitrogens with zero attached hydrogens (tertiary/aromatic N) is 2. The molecular weight excluding hydrogens is 633 g/mol. The summed E-state index contributed by atoms with van der Waals surface area (Å²) in [6, 6.07) is 57.7. The SMILES string of the molecule is C=C(Cc1cc(-c2ccccc2)cc(-c2ccccc2)n1)/C(=N\C=C/C)c1ccc2c(c1)C1(c3ccccc3Oc3ccccc31)c1ccccc1-2. The van der Waals surface area contributed by atoms with E-state index in [1.807, 2.05) is 31.3 Å². The third-order valence-corrected chi connectivity index (χ3v) is 10.3. The number of para-hydroxylation sites is 2. The lowest BCUT2D eigenvalue weighted by Crippen LogP contribution is -2.32. The zero-order valence-electron chi connectivity index (χ0n) is 29.0. The fourth-order valence-electron chi connectivity index (χ4n) is 8.06. The van der Waals surface area contributed by atoms with Crippen molar-refractivity contribution >= 4 is 5.71 Å². The van der Waals surface area contributed by atoms with E-state index in [9.17, 15) is 0 Å². The maximum absolute atomic E-state index is 6.56. The predicted molar refractivity (Wildman–Crippen MR) is 213 cm³/mol. The Bertz CT molecular complexity index is 2440. The maximum Gasteiger partial charge on any atom is 0.132 e. The molecule has 6 aromatic carbocycles. The van der Waals surface area contributed by atoms with E-state index in [1.54, 1.807) is 0 Å². The van der Waals surface area contributed by atoms with Crippen LogP contribution in [0, 0.1) is 0 Å². The molecule has 0 atom stereocenters. The Labute approximate surface area is 305 Å². The van der Waals surface area contributed by atoms with Gasteiger partial charge in [-0.25, -0.2) is 0 Å². The van der Waals surface area contributed by atoms with Crippen LogP contribution in [0.2, 0.25) is 0 Å². The summed E-state index contributed by atoms with van der Waals surface area (Å²) in [5.41, 5.74) is 14.6. The lowest BCUT2D eigenvalue weighted by molar-refractivity contribution is 0.436. The Morgan fingerprint density at radius 1 is 0.615 bits per heavy atom. The van der Waals surface area contributed by atoms with Crippen LogP contribution in [0.5, 0.6) is 11.5 Å². The number of ether oxygens (including phenoxy) is 1. The molecule has 2 heterocycles. The van der Waals surface area contributed by atoms with Crippen LogP contribution < -0.4 is 4.74 Å². The Balaban J connectivity index is 1.19. The molecule has 248 valence electrons. The van der Waals surface area contributed by atoms with Crippen LogP contribution in [-0.2, 0) is 11.8 Å². The number of fused-ring (bicyclic) bond motifs is 9. The molecule has 1 aliphatic carbocycles. The second-order valence-corrected chi connectivity index (χ2v) is 13.4. The average molecular weight is 669 g/mol. The summed E-state index contributed by atoms with van der Waals surface area (Å²) in [6.45, 7) is 6.66. The summed E-state index contributed by atoms with van der Waals surface area (Å²) in [7, 11) is 0. The van der Waals surface area contributed by atoms with Gasteiger partial charge in [-0.15, -0.1) is 0 Å². The van der Waals surface area contributed by atoms with Crippen LogP contribution in [0.1, 0.15) is 40.4 Å². The summed E-state index contributed by atoms with van der Waals surface area (Å²) in [5.74, 6) is 1.75. The summed E-state index contributed by atoms with van der Waals surface area (Å²) >= 11 is 0.